The van der Waals surface area contributed by atoms with Crippen molar-refractivity contribution in [2.45, 2.75) is 38.6 Å². The summed E-state index contributed by atoms with van der Waals surface area (Å²) in [6.07, 6.45) is 4.00. The summed E-state index contributed by atoms with van der Waals surface area (Å²) in [5.74, 6) is 1.70. The lowest BCUT2D eigenvalue weighted by molar-refractivity contribution is 0.152. The third-order valence-electron chi connectivity index (χ3n) is 4.35. The molecule has 2 nitrogen and oxygen atoms in total. The van der Waals surface area contributed by atoms with Crippen LogP contribution in [0, 0.1) is 11.8 Å². The van der Waals surface area contributed by atoms with Crippen LogP contribution in [-0.2, 0) is 0 Å². The van der Waals surface area contributed by atoms with Crippen LogP contribution in [0.1, 0.15) is 33.1 Å². The first kappa shape index (κ1) is 9.47. The number of hydrogen-bond acceptors (Lipinski definition) is 2. The molecule has 0 bridgehead atoms. The molecule has 0 radical (unpaired) electrons. The lowest BCUT2D eigenvalue weighted by Crippen LogP contribution is -2.49. The summed E-state index contributed by atoms with van der Waals surface area (Å²) in [5.41, 5.74) is 6.39. The quantitative estimate of drug-likeness (QED) is 0.700. The Bertz CT molecular complexity index is 193. The van der Waals surface area contributed by atoms with Gasteiger partial charge >= 0.3 is 0 Å². The molecule has 2 fully saturated rings. The highest BCUT2D eigenvalue weighted by Crippen LogP contribution is 2.46. The molecule has 2 rings (SSSR count). The summed E-state index contributed by atoms with van der Waals surface area (Å²) in [7, 11) is 0. The van der Waals surface area contributed by atoms with Crippen molar-refractivity contribution in [3.63, 3.8) is 0 Å². The second-order valence-electron chi connectivity index (χ2n) is 4.85. The molecule has 2 heterocycles. The SMILES string of the molecule is CCC1C(C)CN2CCCC12CN. The lowest BCUT2D eigenvalue weighted by Gasteiger charge is -2.36. The Balaban J connectivity index is 2.24. The number of nitrogens with zero attached hydrogens (tertiary/aromatic N) is 1. The largest absolute Gasteiger partial charge is 0.329 e. The average molecular weight is 182 g/mol. The molecule has 2 aliphatic rings. The topological polar surface area (TPSA) is 29.3 Å². The summed E-state index contributed by atoms with van der Waals surface area (Å²) in [6, 6.07) is 0. The first-order valence-corrected chi connectivity index (χ1v) is 5.69. The molecule has 0 spiro atoms. The molecule has 0 aromatic rings. The van der Waals surface area contributed by atoms with Crippen molar-refractivity contribution in [2.24, 2.45) is 17.6 Å². The van der Waals surface area contributed by atoms with Crippen LogP contribution in [0.25, 0.3) is 0 Å². The fourth-order valence-corrected chi connectivity index (χ4v) is 3.82. The standard InChI is InChI=1S/C11H22N2/c1-3-10-9(2)7-13-6-4-5-11(10,13)8-12/h9-10H,3-8,12H2,1-2H3. The first-order chi connectivity index (χ1) is 6.24. The van der Waals surface area contributed by atoms with Gasteiger partial charge in [-0.25, -0.2) is 0 Å². The van der Waals surface area contributed by atoms with Gasteiger partial charge in [0.05, 0.1) is 0 Å². The van der Waals surface area contributed by atoms with E-state index in [1.165, 1.54) is 32.4 Å². The zero-order valence-corrected chi connectivity index (χ0v) is 8.92. The number of fused-ring (bicyclic) bond motifs is 1. The van der Waals surface area contributed by atoms with Crippen LogP contribution in [0.15, 0.2) is 0 Å². The number of nitrogens with two attached hydrogens (primary N) is 1. The van der Waals surface area contributed by atoms with Gasteiger partial charge in [-0.3, -0.25) is 4.90 Å². The zero-order valence-electron chi connectivity index (χ0n) is 8.92. The Labute approximate surface area is 81.5 Å². The highest BCUT2D eigenvalue weighted by Gasteiger charge is 2.52. The third kappa shape index (κ3) is 1.15. The van der Waals surface area contributed by atoms with E-state index in [0.29, 0.717) is 5.54 Å². The minimum Gasteiger partial charge on any atom is -0.329 e. The van der Waals surface area contributed by atoms with Crippen LogP contribution in [0.3, 0.4) is 0 Å². The van der Waals surface area contributed by atoms with E-state index in [1.54, 1.807) is 0 Å². The molecular formula is C11H22N2. The maximum absolute atomic E-state index is 6.00. The van der Waals surface area contributed by atoms with Gasteiger partial charge in [-0.05, 0) is 31.2 Å². The molecule has 2 heteroatoms. The van der Waals surface area contributed by atoms with Gasteiger partial charge in [0, 0.05) is 18.6 Å². The van der Waals surface area contributed by atoms with Crippen LogP contribution in [0.5, 0.6) is 0 Å². The first-order valence-electron chi connectivity index (χ1n) is 5.69. The highest BCUT2D eigenvalue weighted by atomic mass is 15.3. The van der Waals surface area contributed by atoms with E-state index >= 15 is 0 Å². The van der Waals surface area contributed by atoms with Crippen molar-refractivity contribution in [3.8, 4) is 0 Å². The van der Waals surface area contributed by atoms with Crippen LogP contribution in [-0.4, -0.2) is 30.1 Å². The molecule has 13 heavy (non-hydrogen) atoms. The van der Waals surface area contributed by atoms with E-state index in [-0.39, 0.29) is 0 Å². The van der Waals surface area contributed by atoms with Crippen LogP contribution in [0.2, 0.25) is 0 Å². The van der Waals surface area contributed by atoms with Crippen molar-refractivity contribution >= 4 is 0 Å². The molecule has 76 valence electrons. The minimum absolute atomic E-state index is 0.397. The lowest BCUT2D eigenvalue weighted by atomic mass is 9.77. The Morgan fingerprint density at radius 3 is 2.92 bits per heavy atom. The van der Waals surface area contributed by atoms with Gasteiger partial charge in [-0.2, -0.15) is 0 Å². The molecule has 0 aliphatic carbocycles. The molecule has 0 aromatic heterocycles. The van der Waals surface area contributed by atoms with Crippen molar-refractivity contribution < 1.29 is 0 Å². The second-order valence-corrected chi connectivity index (χ2v) is 4.85. The summed E-state index contributed by atoms with van der Waals surface area (Å²) in [5, 5.41) is 0. The number of hydrogen-bond donors (Lipinski definition) is 1. The van der Waals surface area contributed by atoms with Crippen LogP contribution >= 0.6 is 0 Å². The summed E-state index contributed by atoms with van der Waals surface area (Å²) >= 11 is 0. The maximum Gasteiger partial charge on any atom is 0.0363 e. The third-order valence-corrected chi connectivity index (χ3v) is 4.35. The Morgan fingerprint density at radius 2 is 2.31 bits per heavy atom. The van der Waals surface area contributed by atoms with Gasteiger partial charge in [0.15, 0.2) is 0 Å². The van der Waals surface area contributed by atoms with Crippen molar-refractivity contribution in [2.75, 3.05) is 19.6 Å². The van der Waals surface area contributed by atoms with E-state index in [9.17, 15) is 0 Å². The molecular weight excluding hydrogens is 160 g/mol. The predicted molar refractivity (Wildman–Crippen MR) is 55.5 cm³/mol. The summed E-state index contributed by atoms with van der Waals surface area (Å²) in [4.78, 5) is 2.66. The Hall–Kier alpha value is -0.0800. The predicted octanol–water partition coefficient (Wildman–Crippen LogP) is 1.46. The van der Waals surface area contributed by atoms with Gasteiger partial charge in [-0.1, -0.05) is 20.3 Å². The van der Waals surface area contributed by atoms with E-state index in [2.05, 4.69) is 18.7 Å². The van der Waals surface area contributed by atoms with Gasteiger partial charge in [0.25, 0.3) is 0 Å². The molecule has 0 aromatic carbocycles. The van der Waals surface area contributed by atoms with Gasteiger partial charge < -0.3 is 5.73 Å². The monoisotopic (exact) mass is 182 g/mol. The molecule has 0 saturated carbocycles. The van der Waals surface area contributed by atoms with Gasteiger partial charge in [0.1, 0.15) is 0 Å². The molecule has 2 aliphatic heterocycles. The Morgan fingerprint density at radius 1 is 1.54 bits per heavy atom. The summed E-state index contributed by atoms with van der Waals surface area (Å²) < 4.78 is 0. The fraction of sp³-hybridized carbons (Fsp3) is 1.00. The molecule has 3 atom stereocenters. The molecule has 2 saturated heterocycles. The van der Waals surface area contributed by atoms with Gasteiger partial charge in [-0.15, -0.1) is 0 Å². The molecule has 3 unspecified atom stereocenters. The highest BCUT2D eigenvalue weighted by molar-refractivity contribution is 5.07. The average Bonchev–Trinajstić information content (AvgIpc) is 2.60. The van der Waals surface area contributed by atoms with Crippen LogP contribution in [0.4, 0.5) is 0 Å². The van der Waals surface area contributed by atoms with E-state index in [1.807, 2.05) is 0 Å². The smallest absolute Gasteiger partial charge is 0.0363 e. The minimum atomic E-state index is 0.397. The van der Waals surface area contributed by atoms with Crippen LogP contribution < -0.4 is 5.73 Å². The maximum atomic E-state index is 6.00. The fourth-order valence-electron chi connectivity index (χ4n) is 3.82. The second kappa shape index (κ2) is 3.25. The molecule has 2 N–H and O–H groups in total. The van der Waals surface area contributed by atoms with Crippen molar-refractivity contribution in [1.29, 1.82) is 0 Å². The van der Waals surface area contributed by atoms with E-state index in [4.69, 9.17) is 5.73 Å². The van der Waals surface area contributed by atoms with E-state index in [0.717, 1.165) is 18.4 Å². The van der Waals surface area contributed by atoms with Crippen molar-refractivity contribution in [1.82, 2.24) is 4.90 Å². The van der Waals surface area contributed by atoms with Crippen molar-refractivity contribution in [3.05, 3.63) is 0 Å². The van der Waals surface area contributed by atoms with E-state index < -0.39 is 0 Å². The summed E-state index contributed by atoms with van der Waals surface area (Å²) in [6.45, 7) is 8.16. The number of rotatable bonds is 2. The Kier molecular flexibility index (Phi) is 2.37. The zero-order chi connectivity index (χ0) is 9.47. The normalized spacial score (nSPS) is 45.5. The molecule has 0 amide bonds. The van der Waals surface area contributed by atoms with Gasteiger partial charge in [0.2, 0.25) is 0 Å².